The van der Waals surface area contributed by atoms with Gasteiger partial charge in [-0.25, -0.2) is 4.98 Å². The molecule has 0 spiro atoms. The zero-order valence-corrected chi connectivity index (χ0v) is 12.1. The van der Waals surface area contributed by atoms with Gasteiger partial charge in [-0.3, -0.25) is 10.1 Å². The van der Waals surface area contributed by atoms with Crippen LogP contribution in [0, 0.1) is 20.6 Å². The highest BCUT2D eigenvalue weighted by atomic mass is 127. The van der Waals surface area contributed by atoms with Crippen LogP contribution in [0.5, 0.6) is 0 Å². The van der Waals surface area contributed by atoms with Crippen molar-refractivity contribution in [2.75, 3.05) is 11.1 Å². The van der Waals surface area contributed by atoms with E-state index in [-0.39, 0.29) is 23.1 Å². The maximum Gasteiger partial charge on any atom is 0.332 e. The van der Waals surface area contributed by atoms with Crippen LogP contribution < -0.4 is 11.1 Å². The Kier molecular flexibility index (Phi) is 3.79. The number of halogens is 1. The van der Waals surface area contributed by atoms with E-state index in [4.69, 9.17) is 5.73 Å². The molecule has 1 aromatic carbocycles. The molecule has 0 radical (unpaired) electrons. The molecule has 8 heteroatoms. The monoisotopic (exact) mass is 371 g/mol. The van der Waals surface area contributed by atoms with E-state index in [0.29, 0.717) is 5.69 Å². The highest BCUT2D eigenvalue weighted by molar-refractivity contribution is 14.1. The molecular weight excluding hydrogens is 361 g/mol. The summed E-state index contributed by atoms with van der Waals surface area (Å²) in [5.74, 6) is 0.0910. The minimum absolute atomic E-state index is 0.00349. The quantitative estimate of drug-likeness (QED) is 0.488. The molecule has 2 aromatic rings. The third-order valence-electron chi connectivity index (χ3n) is 2.35. The Morgan fingerprint density at radius 3 is 2.79 bits per heavy atom. The Balaban J connectivity index is 2.47. The summed E-state index contributed by atoms with van der Waals surface area (Å²) in [5.41, 5.74) is 6.28. The van der Waals surface area contributed by atoms with E-state index in [1.165, 1.54) is 6.92 Å². The number of nitrogens with two attached hydrogens (primary N) is 1. The number of nitrogens with zero attached hydrogens (tertiary/aromatic N) is 3. The number of rotatable bonds is 3. The van der Waals surface area contributed by atoms with Crippen molar-refractivity contribution in [2.45, 2.75) is 6.92 Å². The average Bonchev–Trinajstić information content (AvgIpc) is 2.26. The van der Waals surface area contributed by atoms with Crippen LogP contribution in [0.4, 0.5) is 23.1 Å². The van der Waals surface area contributed by atoms with Gasteiger partial charge in [0.25, 0.3) is 0 Å². The molecule has 0 aliphatic rings. The molecule has 0 fully saturated rings. The van der Waals surface area contributed by atoms with Crippen LogP contribution in [0.1, 0.15) is 5.69 Å². The van der Waals surface area contributed by atoms with Crippen LogP contribution in [0.25, 0.3) is 0 Å². The molecular formula is C11H10IN5O2. The fraction of sp³-hybridized carbons (Fsp3) is 0.0909. The molecule has 1 heterocycles. The predicted molar refractivity (Wildman–Crippen MR) is 80.3 cm³/mol. The summed E-state index contributed by atoms with van der Waals surface area (Å²) in [6, 6.07) is 7.39. The van der Waals surface area contributed by atoms with Crippen molar-refractivity contribution in [3.8, 4) is 0 Å². The summed E-state index contributed by atoms with van der Waals surface area (Å²) >= 11 is 2.15. The fourth-order valence-corrected chi connectivity index (χ4v) is 2.14. The predicted octanol–water partition coefficient (Wildman–Crippen LogP) is 2.62. The normalized spacial score (nSPS) is 10.2. The van der Waals surface area contributed by atoms with Gasteiger partial charge in [0, 0.05) is 9.26 Å². The van der Waals surface area contributed by atoms with Crippen molar-refractivity contribution in [1.82, 2.24) is 9.97 Å². The molecule has 1 aromatic heterocycles. The van der Waals surface area contributed by atoms with Gasteiger partial charge in [-0.15, -0.1) is 0 Å². The van der Waals surface area contributed by atoms with E-state index in [9.17, 15) is 10.1 Å². The topological polar surface area (TPSA) is 107 Å². The van der Waals surface area contributed by atoms with Gasteiger partial charge >= 0.3 is 5.69 Å². The Bertz CT molecular complexity index is 647. The van der Waals surface area contributed by atoms with Gasteiger partial charge in [0.15, 0.2) is 0 Å². The van der Waals surface area contributed by atoms with Crippen molar-refractivity contribution in [2.24, 2.45) is 0 Å². The van der Waals surface area contributed by atoms with Gasteiger partial charge in [-0.1, -0.05) is 6.07 Å². The lowest BCUT2D eigenvalue weighted by molar-refractivity contribution is -0.385. The minimum atomic E-state index is -0.523. The van der Waals surface area contributed by atoms with Crippen LogP contribution in [0.3, 0.4) is 0 Å². The molecule has 0 saturated heterocycles. The van der Waals surface area contributed by atoms with Crippen LogP contribution in [0.2, 0.25) is 0 Å². The molecule has 0 unspecified atom stereocenters. The fourth-order valence-electron chi connectivity index (χ4n) is 1.60. The number of hydrogen-bond donors (Lipinski definition) is 2. The van der Waals surface area contributed by atoms with E-state index >= 15 is 0 Å². The number of nitrogen functional groups attached to an aromatic ring is 1. The molecule has 0 bridgehead atoms. The Hall–Kier alpha value is -1.97. The first-order valence-corrected chi connectivity index (χ1v) is 6.36. The summed E-state index contributed by atoms with van der Waals surface area (Å²) in [6.45, 7) is 1.52. The number of benzene rings is 1. The standard InChI is InChI=1S/C11H10IN5O2/c1-6-9(17(18)19)10(16-11(13)14-6)15-8-4-2-3-7(12)5-8/h2-5H,1H3,(H3,13,14,15,16). The first-order valence-electron chi connectivity index (χ1n) is 5.28. The molecule has 0 amide bonds. The second-order valence-corrected chi connectivity index (χ2v) is 5.00. The summed E-state index contributed by atoms with van der Waals surface area (Å²) in [5, 5.41) is 14.0. The third kappa shape index (κ3) is 3.08. The number of anilines is 3. The van der Waals surface area contributed by atoms with Crippen LogP contribution in [0.15, 0.2) is 24.3 Å². The maximum atomic E-state index is 11.1. The average molecular weight is 371 g/mol. The first-order chi connectivity index (χ1) is 8.97. The Morgan fingerprint density at radius 2 is 2.16 bits per heavy atom. The maximum absolute atomic E-state index is 11.1. The first kappa shape index (κ1) is 13.5. The van der Waals surface area contributed by atoms with E-state index in [1.807, 2.05) is 18.2 Å². The van der Waals surface area contributed by atoms with Gasteiger partial charge in [0.05, 0.1) is 4.92 Å². The summed E-state index contributed by atoms with van der Waals surface area (Å²) < 4.78 is 1.00. The van der Waals surface area contributed by atoms with Crippen LogP contribution in [-0.2, 0) is 0 Å². The van der Waals surface area contributed by atoms with Gasteiger partial charge in [0.1, 0.15) is 5.69 Å². The molecule has 98 valence electrons. The Morgan fingerprint density at radius 1 is 1.42 bits per heavy atom. The number of aromatic nitrogens is 2. The summed E-state index contributed by atoms with van der Waals surface area (Å²) in [7, 11) is 0. The van der Waals surface area contributed by atoms with Crippen molar-refractivity contribution < 1.29 is 4.92 Å². The lowest BCUT2D eigenvalue weighted by Gasteiger charge is -2.08. The van der Waals surface area contributed by atoms with Crippen molar-refractivity contribution in [3.05, 3.63) is 43.6 Å². The number of nitrogens with one attached hydrogen (secondary N) is 1. The molecule has 0 atom stereocenters. The van der Waals surface area contributed by atoms with Gasteiger partial charge in [-0.05, 0) is 47.7 Å². The lowest BCUT2D eigenvalue weighted by Crippen LogP contribution is -2.07. The van der Waals surface area contributed by atoms with E-state index < -0.39 is 4.92 Å². The minimum Gasteiger partial charge on any atom is -0.368 e. The number of hydrogen-bond acceptors (Lipinski definition) is 6. The third-order valence-corrected chi connectivity index (χ3v) is 3.02. The zero-order valence-electron chi connectivity index (χ0n) is 9.92. The molecule has 7 nitrogen and oxygen atoms in total. The van der Waals surface area contributed by atoms with E-state index in [2.05, 4.69) is 37.9 Å². The molecule has 19 heavy (non-hydrogen) atoms. The second-order valence-electron chi connectivity index (χ2n) is 3.76. The smallest absolute Gasteiger partial charge is 0.332 e. The zero-order chi connectivity index (χ0) is 14.0. The summed E-state index contributed by atoms with van der Waals surface area (Å²) in [6.07, 6.45) is 0. The van der Waals surface area contributed by atoms with Gasteiger partial charge in [-0.2, -0.15) is 4.98 Å². The van der Waals surface area contributed by atoms with Crippen molar-refractivity contribution in [3.63, 3.8) is 0 Å². The molecule has 2 rings (SSSR count). The van der Waals surface area contributed by atoms with Crippen molar-refractivity contribution in [1.29, 1.82) is 0 Å². The molecule has 0 aliphatic heterocycles. The number of nitro groups is 1. The SMILES string of the molecule is Cc1nc(N)nc(Nc2cccc(I)c2)c1[N+](=O)[O-]. The van der Waals surface area contributed by atoms with Gasteiger partial charge in [0.2, 0.25) is 11.8 Å². The van der Waals surface area contributed by atoms with E-state index in [1.54, 1.807) is 6.07 Å². The van der Waals surface area contributed by atoms with Gasteiger partial charge < -0.3 is 11.1 Å². The Labute approximate surface area is 122 Å². The molecule has 3 N–H and O–H groups in total. The highest BCUT2D eigenvalue weighted by Crippen LogP contribution is 2.28. The van der Waals surface area contributed by atoms with Crippen LogP contribution in [-0.4, -0.2) is 14.9 Å². The second kappa shape index (κ2) is 5.34. The summed E-state index contributed by atoms with van der Waals surface area (Å²) in [4.78, 5) is 18.2. The lowest BCUT2D eigenvalue weighted by atomic mass is 10.3. The van der Waals surface area contributed by atoms with Crippen molar-refractivity contribution >= 4 is 45.7 Å². The van der Waals surface area contributed by atoms with Crippen LogP contribution >= 0.6 is 22.6 Å². The largest absolute Gasteiger partial charge is 0.368 e. The van der Waals surface area contributed by atoms with E-state index in [0.717, 1.165) is 3.57 Å². The molecule has 0 aliphatic carbocycles. The highest BCUT2D eigenvalue weighted by Gasteiger charge is 2.21. The molecule has 0 saturated carbocycles. The number of aryl methyl sites for hydroxylation is 1.